The number of rotatable bonds is 4. The predicted molar refractivity (Wildman–Crippen MR) is 78.2 cm³/mol. The second-order valence-corrected chi connectivity index (χ2v) is 5.55. The Morgan fingerprint density at radius 3 is 2.28 bits per heavy atom. The van der Waals surface area contributed by atoms with Gasteiger partial charge in [-0.2, -0.15) is 0 Å². The molecule has 1 heterocycles. The number of benzene rings is 1. The van der Waals surface area contributed by atoms with Gasteiger partial charge in [0, 0.05) is 17.6 Å². The summed E-state index contributed by atoms with van der Waals surface area (Å²) in [4.78, 5) is 3.61. The van der Waals surface area contributed by atoms with Gasteiger partial charge in [-0.1, -0.05) is 18.2 Å². The Kier molecular flexibility index (Phi) is 4.04. The maximum atomic E-state index is 9.50. The Bertz CT molecular complexity index is 476. The topological polar surface area (TPSA) is 23.5 Å². The van der Waals surface area contributed by atoms with Gasteiger partial charge in [0.2, 0.25) is 0 Å². The summed E-state index contributed by atoms with van der Waals surface area (Å²) in [7, 11) is 2.10. The SMILES string of the molecule is CC(c1cccs1)N(C)c1ccc([C@@H](C)O)cc1. The Labute approximate surface area is 113 Å². The van der Waals surface area contributed by atoms with Gasteiger partial charge in [0.05, 0.1) is 12.1 Å². The summed E-state index contributed by atoms with van der Waals surface area (Å²) in [6.45, 7) is 3.99. The molecule has 18 heavy (non-hydrogen) atoms. The third-order valence-corrected chi connectivity index (χ3v) is 4.36. The minimum absolute atomic E-state index is 0.363. The van der Waals surface area contributed by atoms with Crippen LogP contribution < -0.4 is 4.90 Å². The summed E-state index contributed by atoms with van der Waals surface area (Å²) in [5.41, 5.74) is 2.12. The second-order valence-electron chi connectivity index (χ2n) is 4.57. The third kappa shape index (κ3) is 2.74. The van der Waals surface area contributed by atoms with E-state index in [2.05, 4.69) is 48.5 Å². The number of hydrogen-bond acceptors (Lipinski definition) is 3. The molecule has 0 saturated heterocycles. The Morgan fingerprint density at radius 2 is 1.78 bits per heavy atom. The van der Waals surface area contributed by atoms with E-state index in [1.807, 2.05) is 12.1 Å². The molecule has 0 bridgehead atoms. The maximum absolute atomic E-state index is 9.50. The first-order valence-electron chi connectivity index (χ1n) is 6.14. The highest BCUT2D eigenvalue weighted by Crippen LogP contribution is 2.28. The summed E-state index contributed by atoms with van der Waals surface area (Å²) in [6, 6.07) is 12.7. The predicted octanol–water partition coefficient (Wildman–Crippen LogP) is 4.00. The van der Waals surface area contributed by atoms with E-state index >= 15 is 0 Å². The lowest BCUT2D eigenvalue weighted by Crippen LogP contribution is -2.20. The number of aliphatic hydroxyl groups is 1. The highest BCUT2D eigenvalue weighted by molar-refractivity contribution is 7.10. The van der Waals surface area contributed by atoms with Gasteiger partial charge in [-0.15, -0.1) is 11.3 Å². The van der Waals surface area contributed by atoms with Crippen molar-refractivity contribution in [1.82, 2.24) is 0 Å². The Balaban J connectivity index is 2.16. The molecular formula is C15H19NOS. The van der Waals surface area contributed by atoms with Gasteiger partial charge in [0.15, 0.2) is 0 Å². The van der Waals surface area contributed by atoms with E-state index in [0.717, 1.165) is 5.56 Å². The molecule has 2 atom stereocenters. The number of nitrogens with zero attached hydrogens (tertiary/aromatic N) is 1. The molecule has 1 unspecified atom stereocenters. The van der Waals surface area contributed by atoms with E-state index in [0.29, 0.717) is 6.04 Å². The molecule has 3 heteroatoms. The quantitative estimate of drug-likeness (QED) is 0.899. The highest BCUT2D eigenvalue weighted by atomic mass is 32.1. The van der Waals surface area contributed by atoms with Crippen LogP contribution in [-0.4, -0.2) is 12.2 Å². The van der Waals surface area contributed by atoms with Gasteiger partial charge < -0.3 is 10.0 Å². The van der Waals surface area contributed by atoms with Crippen molar-refractivity contribution in [3.63, 3.8) is 0 Å². The normalized spacial score (nSPS) is 14.2. The van der Waals surface area contributed by atoms with Crippen molar-refractivity contribution in [3.05, 3.63) is 52.2 Å². The van der Waals surface area contributed by atoms with Crippen molar-refractivity contribution in [2.24, 2.45) is 0 Å². The van der Waals surface area contributed by atoms with Crippen LogP contribution in [0.5, 0.6) is 0 Å². The summed E-state index contributed by atoms with van der Waals surface area (Å²) >= 11 is 1.78. The van der Waals surface area contributed by atoms with Gasteiger partial charge in [0.1, 0.15) is 0 Å². The van der Waals surface area contributed by atoms with Crippen LogP contribution in [0, 0.1) is 0 Å². The number of aliphatic hydroxyl groups excluding tert-OH is 1. The van der Waals surface area contributed by atoms with E-state index in [9.17, 15) is 5.11 Å². The van der Waals surface area contributed by atoms with Crippen LogP contribution >= 0.6 is 11.3 Å². The van der Waals surface area contributed by atoms with Crippen LogP contribution in [0.25, 0.3) is 0 Å². The molecule has 1 aromatic carbocycles. The minimum atomic E-state index is -0.404. The molecule has 2 nitrogen and oxygen atoms in total. The number of thiophene rings is 1. The molecule has 1 N–H and O–H groups in total. The monoisotopic (exact) mass is 261 g/mol. The third-order valence-electron chi connectivity index (χ3n) is 3.32. The summed E-state index contributed by atoms with van der Waals surface area (Å²) in [6.07, 6.45) is -0.404. The molecule has 0 fully saturated rings. The van der Waals surface area contributed by atoms with Crippen LogP contribution in [0.3, 0.4) is 0 Å². The van der Waals surface area contributed by atoms with E-state index in [1.165, 1.54) is 10.6 Å². The van der Waals surface area contributed by atoms with Crippen LogP contribution in [0.4, 0.5) is 5.69 Å². The lowest BCUT2D eigenvalue weighted by Gasteiger charge is -2.26. The fraction of sp³-hybridized carbons (Fsp3) is 0.333. The zero-order valence-corrected chi connectivity index (χ0v) is 11.8. The molecule has 0 saturated carbocycles. The van der Waals surface area contributed by atoms with Crippen LogP contribution in [-0.2, 0) is 0 Å². The second kappa shape index (κ2) is 5.55. The average Bonchev–Trinajstić information content (AvgIpc) is 2.91. The Hall–Kier alpha value is -1.32. The zero-order chi connectivity index (χ0) is 13.1. The first-order chi connectivity index (χ1) is 8.59. The van der Waals surface area contributed by atoms with Crippen molar-refractivity contribution in [1.29, 1.82) is 0 Å². The molecule has 2 rings (SSSR count). The highest BCUT2D eigenvalue weighted by Gasteiger charge is 2.13. The smallest absolute Gasteiger partial charge is 0.0761 e. The molecule has 0 spiro atoms. The fourth-order valence-electron chi connectivity index (χ4n) is 1.93. The van der Waals surface area contributed by atoms with Crippen LogP contribution in [0.15, 0.2) is 41.8 Å². The molecule has 0 radical (unpaired) electrons. The van der Waals surface area contributed by atoms with Crippen molar-refractivity contribution in [3.8, 4) is 0 Å². The van der Waals surface area contributed by atoms with E-state index in [-0.39, 0.29) is 0 Å². The standard InChI is InChI=1S/C15H19NOS/c1-11(15-5-4-10-18-15)16(3)14-8-6-13(7-9-14)12(2)17/h4-12,17H,1-3H3/t11?,12-/m1/s1. The number of anilines is 1. The maximum Gasteiger partial charge on any atom is 0.0761 e. The number of hydrogen-bond donors (Lipinski definition) is 1. The molecule has 0 aliphatic heterocycles. The first kappa shape index (κ1) is 13.1. The lowest BCUT2D eigenvalue weighted by molar-refractivity contribution is 0.199. The molecule has 0 aliphatic rings. The largest absolute Gasteiger partial charge is 0.389 e. The van der Waals surface area contributed by atoms with Crippen LogP contribution in [0.2, 0.25) is 0 Å². The van der Waals surface area contributed by atoms with Crippen molar-refractivity contribution < 1.29 is 5.11 Å². The van der Waals surface area contributed by atoms with Gasteiger partial charge in [-0.05, 0) is 43.0 Å². The van der Waals surface area contributed by atoms with Gasteiger partial charge in [-0.3, -0.25) is 0 Å². The Morgan fingerprint density at radius 1 is 1.11 bits per heavy atom. The van der Waals surface area contributed by atoms with E-state index in [1.54, 1.807) is 18.3 Å². The average molecular weight is 261 g/mol. The van der Waals surface area contributed by atoms with E-state index < -0.39 is 6.10 Å². The minimum Gasteiger partial charge on any atom is -0.389 e. The zero-order valence-electron chi connectivity index (χ0n) is 11.0. The van der Waals surface area contributed by atoms with Crippen molar-refractivity contribution in [2.75, 3.05) is 11.9 Å². The molecule has 96 valence electrons. The lowest BCUT2D eigenvalue weighted by atomic mass is 10.1. The van der Waals surface area contributed by atoms with Crippen molar-refractivity contribution in [2.45, 2.75) is 26.0 Å². The summed E-state index contributed by atoms with van der Waals surface area (Å²) < 4.78 is 0. The van der Waals surface area contributed by atoms with Gasteiger partial charge >= 0.3 is 0 Å². The molecule has 1 aromatic heterocycles. The molecule has 0 aliphatic carbocycles. The molecule has 0 amide bonds. The fourth-order valence-corrected chi connectivity index (χ4v) is 2.76. The van der Waals surface area contributed by atoms with Crippen molar-refractivity contribution >= 4 is 17.0 Å². The van der Waals surface area contributed by atoms with Gasteiger partial charge in [-0.25, -0.2) is 0 Å². The van der Waals surface area contributed by atoms with Gasteiger partial charge in [0.25, 0.3) is 0 Å². The van der Waals surface area contributed by atoms with E-state index in [4.69, 9.17) is 0 Å². The molecule has 2 aromatic rings. The molecular weight excluding hydrogens is 242 g/mol. The summed E-state index contributed by atoms with van der Waals surface area (Å²) in [5, 5.41) is 11.6. The summed E-state index contributed by atoms with van der Waals surface area (Å²) in [5.74, 6) is 0. The van der Waals surface area contributed by atoms with Crippen LogP contribution in [0.1, 0.15) is 36.4 Å². The first-order valence-corrected chi connectivity index (χ1v) is 7.02.